The Bertz CT molecular complexity index is 643. The highest BCUT2D eigenvalue weighted by molar-refractivity contribution is 5.78. The van der Waals surface area contributed by atoms with Crippen LogP contribution in [0.1, 0.15) is 18.1 Å². The molecule has 1 aliphatic heterocycles. The molecule has 3 rings (SSSR count). The summed E-state index contributed by atoms with van der Waals surface area (Å²) < 4.78 is 13.1. The number of piperazine rings is 1. The van der Waals surface area contributed by atoms with Gasteiger partial charge in [-0.1, -0.05) is 18.2 Å². The van der Waals surface area contributed by atoms with Crippen molar-refractivity contribution in [3.63, 3.8) is 0 Å². The van der Waals surface area contributed by atoms with Crippen molar-refractivity contribution in [2.75, 3.05) is 31.1 Å². The molecule has 0 saturated carbocycles. The van der Waals surface area contributed by atoms with E-state index >= 15 is 0 Å². The third-order valence-electron chi connectivity index (χ3n) is 3.79. The molecule has 4 nitrogen and oxygen atoms in total. The third-order valence-corrected chi connectivity index (χ3v) is 3.79. The molecule has 2 aromatic rings. The first kappa shape index (κ1) is 14.7. The van der Waals surface area contributed by atoms with Crippen LogP contribution in [0.4, 0.5) is 10.3 Å². The number of aromatic nitrogens is 2. The molecule has 0 radical (unpaired) electrons. The molecule has 0 atom stereocenters. The lowest BCUT2D eigenvalue weighted by Gasteiger charge is -2.27. The van der Waals surface area contributed by atoms with Gasteiger partial charge in [-0.25, -0.2) is 14.4 Å². The van der Waals surface area contributed by atoms with E-state index in [0.717, 1.165) is 48.8 Å². The number of halogens is 1. The Labute approximate surface area is 129 Å². The summed E-state index contributed by atoms with van der Waals surface area (Å²) in [5, 5.41) is 3.31. The number of rotatable bonds is 3. The molecule has 0 spiro atoms. The van der Waals surface area contributed by atoms with Crippen LogP contribution in [-0.4, -0.2) is 36.1 Å². The number of hydrogen-bond acceptors (Lipinski definition) is 4. The van der Waals surface area contributed by atoms with Crippen LogP contribution in [0, 0.1) is 5.82 Å². The fourth-order valence-electron chi connectivity index (χ4n) is 2.62. The van der Waals surface area contributed by atoms with Gasteiger partial charge >= 0.3 is 0 Å². The summed E-state index contributed by atoms with van der Waals surface area (Å²) in [6.07, 6.45) is 5.67. The maximum Gasteiger partial charge on any atom is 0.225 e. The van der Waals surface area contributed by atoms with Crippen LogP contribution in [-0.2, 0) is 0 Å². The van der Waals surface area contributed by atoms with E-state index < -0.39 is 0 Å². The molecule has 1 fully saturated rings. The number of benzene rings is 1. The van der Waals surface area contributed by atoms with E-state index in [-0.39, 0.29) is 5.82 Å². The molecule has 0 amide bonds. The van der Waals surface area contributed by atoms with Gasteiger partial charge in [-0.2, -0.15) is 0 Å². The molecule has 1 N–H and O–H groups in total. The Morgan fingerprint density at radius 3 is 2.32 bits per heavy atom. The van der Waals surface area contributed by atoms with Crippen molar-refractivity contribution in [2.45, 2.75) is 6.92 Å². The van der Waals surface area contributed by atoms with Crippen LogP contribution in [0.5, 0.6) is 0 Å². The molecule has 1 saturated heterocycles. The first-order valence-corrected chi connectivity index (χ1v) is 7.48. The summed E-state index contributed by atoms with van der Waals surface area (Å²) in [5.41, 5.74) is 2.90. The summed E-state index contributed by atoms with van der Waals surface area (Å²) in [5.74, 6) is 0.532. The maximum atomic E-state index is 13.1. The number of allylic oxidation sites excluding steroid dienone is 1. The Morgan fingerprint density at radius 2 is 1.73 bits per heavy atom. The molecule has 22 heavy (non-hydrogen) atoms. The average Bonchev–Trinajstić information content (AvgIpc) is 2.59. The van der Waals surface area contributed by atoms with Gasteiger partial charge in [-0.3, -0.25) is 0 Å². The van der Waals surface area contributed by atoms with Crippen molar-refractivity contribution in [2.24, 2.45) is 0 Å². The van der Waals surface area contributed by atoms with Gasteiger partial charge in [-0.05, 0) is 30.2 Å². The molecule has 1 aromatic heterocycles. The fraction of sp³-hybridized carbons (Fsp3) is 0.294. The lowest BCUT2D eigenvalue weighted by atomic mass is 10.0. The standard InChI is InChI=1S/C17H19FN4/c1-2-16(13-3-5-15(18)6-4-13)14-11-20-17(21-12-14)22-9-7-19-8-10-22/h2-6,11-12,19H,7-10H2,1H3/b16-2+. The van der Waals surface area contributed by atoms with Gasteiger partial charge in [0.2, 0.25) is 5.95 Å². The number of nitrogens with one attached hydrogen (secondary N) is 1. The molecule has 5 heteroatoms. The molecular weight excluding hydrogens is 279 g/mol. The van der Waals surface area contributed by atoms with Crippen LogP contribution in [0.15, 0.2) is 42.7 Å². The number of hydrogen-bond donors (Lipinski definition) is 1. The van der Waals surface area contributed by atoms with E-state index in [1.165, 1.54) is 12.1 Å². The summed E-state index contributed by atoms with van der Waals surface area (Å²) >= 11 is 0. The van der Waals surface area contributed by atoms with E-state index in [1.807, 2.05) is 25.4 Å². The van der Waals surface area contributed by atoms with E-state index in [2.05, 4.69) is 20.2 Å². The van der Waals surface area contributed by atoms with Gasteiger partial charge in [0, 0.05) is 44.1 Å². The Kier molecular flexibility index (Phi) is 4.44. The zero-order chi connectivity index (χ0) is 15.4. The highest BCUT2D eigenvalue weighted by Crippen LogP contribution is 2.23. The van der Waals surface area contributed by atoms with Gasteiger partial charge < -0.3 is 10.2 Å². The highest BCUT2D eigenvalue weighted by Gasteiger charge is 2.13. The van der Waals surface area contributed by atoms with Crippen LogP contribution in [0.3, 0.4) is 0 Å². The van der Waals surface area contributed by atoms with Crippen molar-refractivity contribution >= 4 is 11.5 Å². The second kappa shape index (κ2) is 6.66. The van der Waals surface area contributed by atoms with Crippen LogP contribution in [0.2, 0.25) is 0 Å². The number of nitrogens with zero attached hydrogens (tertiary/aromatic N) is 3. The Morgan fingerprint density at radius 1 is 1.09 bits per heavy atom. The zero-order valence-corrected chi connectivity index (χ0v) is 12.6. The van der Waals surface area contributed by atoms with Crippen molar-refractivity contribution < 1.29 is 4.39 Å². The van der Waals surface area contributed by atoms with E-state index in [4.69, 9.17) is 0 Å². The lowest BCUT2D eigenvalue weighted by Crippen LogP contribution is -2.44. The molecule has 114 valence electrons. The predicted octanol–water partition coefficient (Wildman–Crippen LogP) is 2.48. The minimum Gasteiger partial charge on any atom is -0.338 e. The zero-order valence-electron chi connectivity index (χ0n) is 12.6. The van der Waals surface area contributed by atoms with Gasteiger partial charge in [0.15, 0.2) is 0 Å². The van der Waals surface area contributed by atoms with Gasteiger partial charge in [-0.15, -0.1) is 0 Å². The first-order valence-electron chi connectivity index (χ1n) is 7.48. The molecule has 0 unspecified atom stereocenters. The van der Waals surface area contributed by atoms with Crippen molar-refractivity contribution in [1.82, 2.24) is 15.3 Å². The van der Waals surface area contributed by atoms with E-state index in [1.54, 1.807) is 12.1 Å². The highest BCUT2D eigenvalue weighted by atomic mass is 19.1. The normalized spacial score (nSPS) is 15.9. The maximum absolute atomic E-state index is 13.1. The topological polar surface area (TPSA) is 41.1 Å². The molecule has 0 aliphatic carbocycles. The molecule has 2 heterocycles. The van der Waals surface area contributed by atoms with Gasteiger partial charge in [0.25, 0.3) is 0 Å². The van der Waals surface area contributed by atoms with Gasteiger partial charge in [0.1, 0.15) is 5.82 Å². The van der Waals surface area contributed by atoms with Crippen LogP contribution in [0.25, 0.3) is 5.57 Å². The smallest absolute Gasteiger partial charge is 0.225 e. The van der Waals surface area contributed by atoms with Crippen LogP contribution >= 0.6 is 0 Å². The first-order chi connectivity index (χ1) is 10.8. The number of anilines is 1. The Balaban J connectivity index is 1.82. The minimum absolute atomic E-state index is 0.232. The largest absolute Gasteiger partial charge is 0.338 e. The van der Waals surface area contributed by atoms with Crippen molar-refractivity contribution in [3.05, 3.63) is 59.7 Å². The molecule has 1 aliphatic rings. The van der Waals surface area contributed by atoms with E-state index in [9.17, 15) is 4.39 Å². The molecule has 1 aromatic carbocycles. The van der Waals surface area contributed by atoms with E-state index in [0.29, 0.717) is 0 Å². The minimum atomic E-state index is -0.232. The van der Waals surface area contributed by atoms with Crippen LogP contribution < -0.4 is 10.2 Å². The lowest BCUT2D eigenvalue weighted by molar-refractivity contribution is 0.580. The summed E-state index contributed by atoms with van der Waals surface area (Å²) in [6, 6.07) is 6.48. The summed E-state index contributed by atoms with van der Waals surface area (Å²) in [4.78, 5) is 11.1. The van der Waals surface area contributed by atoms with Crippen molar-refractivity contribution in [3.8, 4) is 0 Å². The quantitative estimate of drug-likeness (QED) is 0.945. The average molecular weight is 298 g/mol. The second-order valence-electron chi connectivity index (χ2n) is 5.22. The Hall–Kier alpha value is -2.27. The molecular formula is C17H19FN4. The SMILES string of the molecule is C/C=C(\c1ccc(F)cc1)c1cnc(N2CCNCC2)nc1. The monoisotopic (exact) mass is 298 g/mol. The third kappa shape index (κ3) is 3.14. The summed E-state index contributed by atoms with van der Waals surface area (Å²) in [6.45, 7) is 5.73. The second-order valence-corrected chi connectivity index (χ2v) is 5.22. The predicted molar refractivity (Wildman–Crippen MR) is 86.3 cm³/mol. The van der Waals surface area contributed by atoms with Gasteiger partial charge in [0.05, 0.1) is 0 Å². The van der Waals surface area contributed by atoms with Crippen molar-refractivity contribution in [1.29, 1.82) is 0 Å². The summed E-state index contributed by atoms with van der Waals surface area (Å²) in [7, 11) is 0. The molecule has 0 bridgehead atoms. The fourth-order valence-corrected chi connectivity index (χ4v) is 2.62.